The molecular formula is C21H29Cl2F3O2. The number of carboxylic acid groups (broad SMARTS) is 1. The Morgan fingerprint density at radius 2 is 1.46 bits per heavy atom. The van der Waals surface area contributed by atoms with E-state index in [-0.39, 0.29) is 0 Å². The van der Waals surface area contributed by atoms with Gasteiger partial charge in [0.2, 0.25) is 0 Å². The Balaban J connectivity index is 1.99. The number of hydrogen-bond acceptors (Lipinski definition) is 1. The van der Waals surface area contributed by atoms with Crippen molar-refractivity contribution >= 4 is 29.2 Å². The Morgan fingerprint density at radius 3 is 2.00 bits per heavy atom. The lowest BCUT2D eigenvalue weighted by atomic mass is 10.0. The smallest absolute Gasteiger partial charge is 0.416 e. The molecule has 28 heavy (non-hydrogen) atoms. The minimum Gasteiger partial charge on any atom is -0.480 e. The van der Waals surface area contributed by atoms with Gasteiger partial charge in [-0.2, -0.15) is 13.2 Å². The third-order valence-electron chi connectivity index (χ3n) is 4.75. The van der Waals surface area contributed by atoms with E-state index >= 15 is 0 Å². The number of carbonyl (C=O) groups is 1. The molecule has 1 aromatic rings. The average molecular weight is 441 g/mol. The van der Waals surface area contributed by atoms with E-state index in [4.69, 9.17) is 28.3 Å². The fourth-order valence-corrected chi connectivity index (χ4v) is 3.50. The van der Waals surface area contributed by atoms with Crippen LogP contribution in [0, 0.1) is 0 Å². The molecule has 0 aromatic heterocycles. The number of alkyl halides is 5. The van der Waals surface area contributed by atoms with Crippen molar-refractivity contribution in [1.29, 1.82) is 0 Å². The monoisotopic (exact) mass is 440 g/mol. The lowest BCUT2D eigenvalue weighted by Gasteiger charge is -2.11. The highest BCUT2D eigenvalue weighted by molar-refractivity contribution is 6.36. The van der Waals surface area contributed by atoms with E-state index in [1.54, 1.807) is 6.07 Å². The molecule has 2 nitrogen and oxygen atoms in total. The van der Waals surface area contributed by atoms with Crippen molar-refractivity contribution in [3.05, 3.63) is 35.4 Å². The molecule has 0 radical (unpaired) electrons. The topological polar surface area (TPSA) is 37.3 Å². The molecule has 1 aromatic carbocycles. The van der Waals surface area contributed by atoms with Gasteiger partial charge in [-0.15, -0.1) is 23.2 Å². The molecule has 0 aliphatic carbocycles. The summed E-state index contributed by atoms with van der Waals surface area (Å²) in [6, 6.07) is 5.58. The second-order valence-corrected chi connectivity index (χ2v) is 8.21. The van der Waals surface area contributed by atoms with E-state index < -0.39 is 28.5 Å². The molecule has 0 heterocycles. The summed E-state index contributed by atoms with van der Waals surface area (Å²) in [5.74, 6) is -1.07. The molecule has 0 aliphatic rings. The van der Waals surface area contributed by atoms with Crippen LogP contribution in [0.15, 0.2) is 24.3 Å². The lowest BCUT2D eigenvalue weighted by Crippen LogP contribution is -2.24. The zero-order valence-corrected chi connectivity index (χ0v) is 17.5. The number of rotatable bonds is 14. The predicted molar refractivity (Wildman–Crippen MR) is 108 cm³/mol. The van der Waals surface area contributed by atoms with E-state index in [0.29, 0.717) is 12.8 Å². The third kappa shape index (κ3) is 10.6. The SMILES string of the molecule is O=C(O)C(Cl)C(Cl)CCCCCCCCCCCc1cccc(C(F)(F)F)c1. The van der Waals surface area contributed by atoms with Crippen molar-refractivity contribution in [2.75, 3.05) is 0 Å². The van der Waals surface area contributed by atoms with Crippen molar-refractivity contribution in [3.63, 3.8) is 0 Å². The summed E-state index contributed by atoms with van der Waals surface area (Å²) in [7, 11) is 0. The number of unbranched alkanes of at least 4 members (excludes halogenated alkanes) is 8. The van der Waals surface area contributed by atoms with Crippen molar-refractivity contribution in [3.8, 4) is 0 Å². The summed E-state index contributed by atoms with van der Waals surface area (Å²) in [5.41, 5.74) is 0.171. The first kappa shape index (κ1) is 25.1. The lowest BCUT2D eigenvalue weighted by molar-refractivity contribution is -0.138. The van der Waals surface area contributed by atoms with Gasteiger partial charge in [0.1, 0.15) is 5.38 Å². The minimum atomic E-state index is -4.28. The summed E-state index contributed by atoms with van der Waals surface area (Å²) in [4.78, 5) is 10.7. The quantitative estimate of drug-likeness (QED) is 0.241. The molecular weight excluding hydrogens is 412 g/mol. The second kappa shape index (κ2) is 13.3. The highest BCUT2D eigenvalue weighted by Crippen LogP contribution is 2.29. The summed E-state index contributed by atoms with van der Waals surface area (Å²) >= 11 is 11.6. The Labute approximate surface area is 175 Å². The van der Waals surface area contributed by atoms with Crippen LogP contribution in [0.2, 0.25) is 0 Å². The zero-order chi connectivity index (χ0) is 21.0. The van der Waals surface area contributed by atoms with Crippen LogP contribution in [-0.2, 0) is 17.4 Å². The van der Waals surface area contributed by atoms with Crippen LogP contribution >= 0.6 is 23.2 Å². The molecule has 2 atom stereocenters. The highest BCUT2D eigenvalue weighted by Gasteiger charge is 2.30. The van der Waals surface area contributed by atoms with Crippen molar-refractivity contribution in [1.82, 2.24) is 0 Å². The summed E-state index contributed by atoms with van der Waals surface area (Å²) in [5, 5.41) is 7.20. The molecule has 0 bridgehead atoms. The van der Waals surface area contributed by atoms with Gasteiger partial charge in [-0.3, -0.25) is 4.79 Å². The van der Waals surface area contributed by atoms with Crippen LogP contribution in [0.1, 0.15) is 75.3 Å². The van der Waals surface area contributed by atoms with E-state index in [0.717, 1.165) is 69.4 Å². The van der Waals surface area contributed by atoms with Gasteiger partial charge in [-0.05, 0) is 30.9 Å². The first-order valence-corrected chi connectivity index (χ1v) is 10.8. The summed E-state index contributed by atoms with van der Waals surface area (Å²) in [6.45, 7) is 0. The Bertz CT molecular complexity index is 579. The number of hydrogen-bond donors (Lipinski definition) is 1. The van der Waals surface area contributed by atoms with Crippen LogP contribution < -0.4 is 0 Å². The van der Waals surface area contributed by atoms with Crippen molar-refractivity contribution < 1.29 is 23.1 Å². The highest BCUT2D eigenvalue weighted by atomic mass is 35.5. The van der Waals surface area contributed by atoms with Gasteiger partial charge in [0.15, 0.2) is 0 Å². The summed E-state index contributed by atoms with van der Waals surface area (Å²) in [6.07, 6.45) is 6.42. The Morgan fingerprint density at radius 1 is 0.929 bits per heavy atom. The molecule has 0 saturated heterocycles. The van der Waals surface area contributed by atoms with Crippen LogP contribution in [0.3, 0.4) is 0 Å². The number of carboxylic acids is 1. The largest absolute Gasteiger partial charge is 0.480 e. The normalized spacial score (nSPS) is 14.0. The van der Waals surface area contributed by atoms with Gasteiger partial charge in [0.25, 0.3) is 0 Å². The summed E-state index contributed by atoms with van der Waals surface area (Å²) < 4.78 is 38.0. The van der Waals surface area contributed by atoms with Crippen LogP contribution in [0.4, 0.5) is 13.2 Å². The van der Waals surface area contributed by atoms with E-state index in [9.17, 15) is 18.0 Å². The standard InChI is InChI=1S/C21H29Cl2F3O2/c22-18(19(23)20(27)28)14-9-7-5-3-1-2-4-6-8-11-16-12-10-13-17(15-16)21(24,25)26/h10,12-13,15,18-19H,1-9,11,14H2,(H,27,28). The van der Waals surface area contributed by atoms with Crippen LogP contribution in [0.5, 0.6) is 0 Å². The van der Waals surface area contributed by atoms with Gasteiger partial charge in [-0.1, -0.05) is 69.6 Å². The van der Waals surface area contributed by atoms with Gasteiger partial charge >= 0.3 is 12.1 Å². The number of benzene rings is 1. The molecule has 0 spiro atoms. The molecule has 160 valence electrons. The Kier molecular flexibility index (Phi) is 11.9. The number of aryl methyl sites for hydroxylation is 1. The molecule has 0 fully saturated rings. The number of halogens is 5. The van der Waals surface area contributed by atoms with E-state index in [1.165, 1.54) is 12.1 Å². The van der Waals surface area contributed by atoms with Gasteiger partial charge < -0.3 is 5.11 Å². The van der Waals surface area contributed by atoms with Gasteiger partial charge in [-0.25, -0.2) is 0 Å². The first-order chi connectivity index (χ1) is 13.2. The second-order valence-electron chi connectivity index (χ2n) is 7.17. The molecule has 1 rings (SSSR count). The molecule has 1 N–H and O–H groups in total. The van der Waals surface area contributed by atoms with E-state index in [2.05, 4.69) is 0 Å². The first-order valence-electron chi connectivity index (χ1n) is 9.89. The fraction of sp³-hybridized carbons (Fsp3) is 0.667. The van der Waals surface area contributed by atoms with Crippen LogP contribution in [0.25, 0.3) is 0 Å². The minimum absolute atomic E-state index is 0.531. The molecule has 2 unspecified atom stereocenters. The maximum Gasteiger partial charge on any atom is 0.416 e. The average Bonchev–Trinajstić information content (AvgIpc) is 2.64. The predicted octanol–water partition coefficient (Wildman–Crippen LogP) is 7.45. The number of aliphatic carboxylic acids is 1. The van der Waals surface area contributed by atoms with E-state index in [1.807, 2.05) is 0 Å². The van der Waals surface area contributed by atoms with Crippen LogP contribution in [-0.4, -0.2) is 21.8 Å². The molecule has 0 aliphatic heterocycles. The molecule has 0 amide bonds. The Hall–Kier alpha value is -0.940. The maximum atomic E-state index is 12.7. The van der Waals surface area contributed by atoms with Crippen molar-refractivity contribution in [2.45, 2.75) is 87.6 Å². The zero-order valence-electron chi connectivity index (χ0n) is 16.0. The molecule has 0 saturated carbocycles. The third-order valence-corrected chi connectivity index (χ3v) is 5.84. The molecule has 7 heteroatoms. The van der Waals surface area contributed by atoms with Crippen molar-refractivity contribution in [2.24, 2.45) is 0 Å². The van der Waals surface area contributed by atoms with Gasteiger partial charge in [0.05, 0.1) is 10.9 Å². The maximum absolute atomic E-state index is 12.7. The fourth-order valence-electron chi connectivity index (χ4n) is 3.11. The van der Waals surface area contributed by atoms with Gasteiger partial charge in [0, 0.05) is 0 Å².